The maximum Gasteiger partial charge on any atom is 2.00 e. The third kappa shape index (κ3) is 4.16. The first-order valence-corrected chi connectivity index (χ1v) is 6.67. The molecule has 7 heteroatoms. The molecule has 2 aromatic rings. The van der Waals surface area contributed by atoms with E-state index in [9.17, 15) is 0 Å². The Hall–Kier alpha value is -0.218. The fraction of sp³-hybridized carbons (Fsp3) is 0.0909. The van der Waals surface area contributed by atoms with Crippen LogP contribution in [0.3, 0.4) is 0 Å². The van der Waals surface area contributed by atoms with Gasteiger partial charge in [-0.1, -0.05) is 33.9 Å². The molecule has 0 radical (unpaired) electrons. The second kappa shape index (κ2) is 8.05. The Morgan fingerprint density at radius 2 is 2.11 bits per heavy atom. The Kier molecular flexibility index (Phi) is 7.09. The zero-order valence-corrected chi connectivity index (χ0v) is 16.0. The molecule has 18 heavy (non-hydrogen) atoms. The van der Waals surface area contributed by atoms with E-state index in [1.54, 1.807) is 0 Å². The van der Waals surface area contributed by atoms with Crippen LogP contribution in [0.4, 0.5) is 0 Å². The minimum atomic E-state index is 0. The van der Waals surface area contributed by atoms with Gasteiger partial charge in [0.2, 0.25) is 0 Å². The standard InChI is InChI=1S/C11H7BrN4S.U/c1-17-7-16-15-5-11-9-4-8(12)2-3-10(9)13-6-14-11;/h2-4,6H,1H3;/q-2;+2. The number of halogens is 1. The monoisotopic (exact) mass is 544 g/mol. The predicted molar refractivity (Wildman–Crippen MR) is 74.7 cm³/mol. The van der Waals surface area contributed by atoms with Gasteiger partial charge in [0.05, 0.1) is 0 Å². The van der Waals surface area contributed by atoms with Crippen LogP contribution in [0.5, 0.6) is 0 Å². The van der Waals surface area contributed by atoms with E-state index < -0.39 is 0 Å². The van der Waals surface area contributed by atoms with Crippen molar-refractivity contribution in [1.29, 1.82) is 0 Å². The third-order valence-electron chi connectivity index (χ3n) is 1.94. The van der Waals surface area contributed by atoms with Crippen molar-refractivity contribution in [3.8, 4) is 0 Å². The summed E-state index contributed by atoms with van der Waals surface area (Å²) >= 11 is 4.76. The molecular weight excluding hydrogens is 538 g/mol. The summed E-state index contributed by atoms with van der Waals surface area (Å²) in [5, 5.41) is 8.30. The normalized spacial score (nSPS) is 11.2. The van der Waals surface area contributed by atoms with Gasteiger partial charge in [0.25, 0.3) is 0 Å². The first-order chi connectivity index (χ1) is 8.31. The molecule has 0 aliphatic heterocycles. The number of aromatic nitrogens is 2. The Bertz CT molecular complexity index is 588. The molecule has 0 saturated carbocycles. The van der Waals surface area contributed by atoms with Gasteiger partial charge < -0.3 is 27.5 Å². The van der Waals surface area contributed by atoms with Gasteiger partial charge in [-0.15, -0.1) is 11.5 Å². The Morgan fingerprint density at radius 1 is 1.28 bits per heavy atom. The summed E-state index contributed by atoms with van der Waals surface area (Å²) in [5.74, 6) is 0. The molecule has 1 aromatic carbocycles. The van der Waals surface area contributed by atoms with Crippen molar-refractivity contribution in [2.45, 2.75) is 0 Å². The average Bonchev–Trinajstić information content (AvgIpc) is 2.35. The van der Waals surface area contributed by atoms with E-state index in [4.69, 9.17) is 0 Å². The van der Waals surface area contributed by atoms with Gasteiger partial charge in [-0.25, -0.2) is 0 Å². The van der Waals surface area contributed by atoms with Crippen LogP contribution in [0.15, 0.2) is 39.2 Å². The summed E-state index contributed by atoms with van der Waals surface area (Å²) in [7, 11) is 0. The maximum atomic E-state index is 4.16. The van der Waals surface area contributed by atoms with E-state index in [2.05, 4.69) is 47.9 Å². The molecule has 0 aliphatic carbocycles. The molecule has 0 unspecified atom stereocenters. The summed E-state index contributed by atoms with van der Waals surface area (Å²) in [5.41, 5.74) is 4.10. The summed E-state index contributed by atoms with van der Waals surface area (Å²) in [4.78, 5) is 8.28. The van der Waals surface area contributed by atoms with Crippen molar-refractivity contribution < 1.29 is 31.1 Å². The molecule has 88 valence electrons. The molecule has 0 aliphatic rings. The smallest absolute Gasteiger partial charge is 0.385 e. The van der Waals surface area contributed by atoms with E-state index in [-0.39, 0.29) is 31.1 Å². The molecule has 4 nitrogen and oxygen atoms in total. The second-order valence-electron chi connectivity index (χ2n) is 2.99. The quantitative estimate of drug-likeness (QED) is 0.258. The van der Waals surface area contributed by atoms with Crippen LogP contribution in [0.2, 0.25) is 0 Å². The van der Waals surface area contributed by atoms with E-state index in [1.807, 2.05) is 24.5 Å². The van der Waals surface area contributed by atoms with Crippen molar-refractivity contribution in [3.63, 3.8) is 0 Å². The number of rotatable bonds is 3. The third-order valence-corrected chi connectivity index (χ3v) is 2.69. The Morgan fingerprint density at radius 3 is 2.89 bits per heavy atom. The molecule has 0 N–H and O–H groups in total. The van der Waals surface area contributed by atoms with Gasteiger partial charge >= 0.3 is 31.1 Å². The van der Waals surface area contributed by atoms with Crippen LogP contribution >= 0.6 is 27.7 Å². The number of hydrogen-bond donors (Lipinski definition) is 0. The van der Waals surface area contributed by atoms with Gasteiger partial charge in [0, 0.05) is 4.47 Å². The van der Waals surface area contributed by atoms with Crippen LogP contribution in [-0.4, -0.2) is 28.0 Å². The molecule has 0 saturated heterocycles. The van der Waals surface area contributed by atoms with Gasteiger partial charge in [-0.05, 0) is 17.8 Å². The second-order valence-corrected chi connectivity index (χ2v) is 4.50. The number of fused-ring (bicyclic) bond motifs is 1. The number of benzene rings is 1. The van der Waals surface area contributed by atoms with Crippen LogP contribution in [0, 0.1) is 31.1 Å². The van der Waals surface area contributed by atoms with Gasteiger partial charge in [0.1, 0.15) is 6.33 Å². The fourth-order valence-electron chi connectivity index (χ4n) is 1.25. The first kappa shape index (κ1) is 15.8. The SMILES string of the molecule is CS[C-]=NN=[C-]c1ncnc2ccc(Br)cc12.[U+2]. The Labute approximate surface area is 141 Å². The molecule has 0 spiro atoms. The minimum Gasteiger partial charge on any atom is -0.385 e. The minimum absolute atomic E-state index is 0. The van der Waals surface area contributed by atoms with Crippen molar-refractivity contribution in [2.75, 3.05) is 6.26 Å². The summed E-state index contributed by atoms with van der Waals surface area (Å²) < 4.78 is 0.960. The molecule has 1 aromatic heterocycles. The molecule has 1 heterocycles. The van der Waals surface area contributed by atoms with E-state index in [1.165, 1.54) is 18.1 Å². The van der Waals surface area contributed by atoms with Crippen molar-refractivity contribution in [2.24, 2.45) is 10.2 Å². The van der Waals surface area contributed by atoms with E-state index >= 15 is 0 Å². The predicted octanol–water partition coefficient (Wildman–Crippen LogP) is 2.87. The van der Waals surface area contributed by atoms with Gasteiger partial charge in [-0.2, -0.15) is 0 Å². The number of nitrogens with zero attached hydrogens (tertiary/aromatic N) is 4. The van der Waals surface area contributed by atoms with Gasteiger partial charge in [-0.3, -0.25) is 9.97 Å². The topological polar surface area (TPSA) is 50.5 Å². The zero-order valence-electron chi connectivity index (χ0n) is 9.38. The molecule has 0 amide bonds. The van der Waals surface area contributed by atoms with Crippen LogP contribution < -0.4 is 0 Å². The molecule has 0 bridgehead atoms. The van der Waals surface area contributed by atoms with E-state index in [0.717, 1.165) is 15.4 Å². The van der Waals surface area contributed by atoms with Crippen molar-refractivity contribution in [3.05, 3.63) is 34.7 Å². The maximum absolute atomic E-state index is 4.16. The summed E-state index contributed by atoms with van der Waals surface area (Å²) in [6, 6.07) is 5.76. The number of hydrogen-bond acceptors (Lipinski definition) is 5. The molecule has 0 fully saturated rings. The van der Waals surface area contributed by atoms with E-state index in [0.29, 0.717) is 5.69 Å². The molecule has 0 atom stereocenters. The largest absolute Gasteiger partial charge is 2.00 e. The number of thioether (sulfide) groups is 1. The average molecular weight is 545 g/mol. The molecule has 2 rings (SSSR count). The van der Waals surface area contributed by atoms with Crippen molar-refractivity contribution in [1.82, 2.24) is 9.97 Å². The van der Waals surface area contributed by atoms with Crippen LogP contribution in [-0.2, 0) is 0 Å². The van der Waals surface area contributed by atoms with Crippen molar-refractivity contribution >= 4 is 50.4 Å². The van der Waals surface area contributed by atoms with Gasteiger partial charge in [0.15, 0.2) is 0 Å². The summed E-state index contributed by atoms with van der Waals surface area (Å²) in [6.45, 7) is 0. The van der Waals surface area contributed by atoms with Crippen LogP contribution in [0.25, 0.3) is 10.9 Å². The Balaban J connectivity index is 0.00000162. The zero-order chi connectivity index (χ0) is 12.1. The molecular formula is C11H7BrN4SU. The van der Waals surface area contributed by atoms with Crippen LogP contribution in [0.1, 0.15) is 5.69 Å². The fourth-order valence-corrected chi connectivity index (χ4v) is 1.74. The summed E-state index contributed by atoms with van der Waals surface area (Å²) in [6.07, 6.45) is 6.10. The first-order valence-electron chi connectivity index (χ1n) is 4.65.